The number of rotatable bonds is 9. The molecule has 0 radical (unpaired) electrons. The molecule has 0 bridgehead atoms. The smallest absolute Gasteiger partial charge is 0.348 e. The van der Waals surface area contributed by atoms with Crippen molar-refractivity contribution < 1.29 is 19.1 Å². The van der Waals surface area contributed by atoms with Crippen molar-refractivity contribution in [2.24, 2.45) is 0 Å². The molecule has 0 saturated carbocycles. The number of amides is 1. The Kier molecular flexibility index (Phi) is 8.48. The van der Waals surface area contributed by atoms with Crippen molar-refractivity contribution in [2.75, 3.05) is 18.5 Å². The van der Waals surface area contributed by atoms with Gasteiger partial charge in [-0.1, -0.05) is 48.3 Å². The number of esters is 1. The zero-order valence-electron chi connectivity index (χ0n) is 20.0. The van der Waals surface area contributed by atoms with Gasteiger partial charge in [-0.2, -0.15) is 0 Å². The molecule has 0 aliphatic carbocycles. The minimum atomic E-state index is -0.846. The SMILES string of the molecule is CCC(C(=O)Nc1ccc(Cl)cc1Cl)n1cnc2sc(C(=O)OCCOc3ccccc3)c(C)c2c1=O. The third kappa shape index (κ3) is 5.95. The van der Waals surface area contributed by atoms with Gasteiger partial charge in [-0.05, 0) is 49.2 Å². The maximum absolute atomic E-state index is 13.4. The molecule has 11 heteroatoms. The van der Waals surface area contributed by atoms with Crippen molar-refractivity contribution in [3.8, 4) is 5.75 Å². The Morgan fingerprint density at radius 2 is 1.89 bits per heavy atom. The van der Waals surface area contributed by atoms with E-state index in [4.69, 9.17) is 32.7 Å². The Bertz CT molecular complexity index is 1500. The monoisotopic (exact) mass is 559 g/mol. The van der Waals surface area contributed by atoms with E-state index in [0.717, 1.165) is 11.3 Å². The van der Waals surface area contributed by atoms with Crippen LogP contribution in [0.4, 0.5) is 5.69 Å². The van der Waals surface area contributed by atoms with Crippen LogP contribution in [0, 0.1) is 6.92 Å². The number of hydrogen-bond acceptors (Lipinski definition) is 7. The van der Waals surface area contributed by atoms with E-state index in [1.807, 2.05) is 30.3 Å². The van der Waals surface area contributed by atoms with E-state index in [-0.39, 0.29) is 28.5 Å². The standard InChI is InChI=1S/C26H23Cl2N3O5S/c1-3-20(23(32)30-19-10-9-16(27)13-18(19)28)31-14-29-24-21(25(31)33)15(2)22(37-24)26(34)36-12-11-35-17-7-5-4-6-8-17/h4-10,13-14,20H,3,11-12H2,1-2H3,(H,30,32). The number of nitrogens with one attached hydrogen (secondary N) is 1. The van der Waals surface area contributed by atoms with Gasteiger partial charge in [0.25, 0.3) is 5.56 Å². The first kappa shape index (κ1) is 26.7. The largest absolute Gasteiger partial charge is 0.490 e. The number of ether oxygens (including phenoxy) is 2. The lowest BCUT2D eigenvalue weighted by atomic mass is 10.1. The highest BCUT2D eigenvalue weighted by Crippen LogP contribution is 2.29. The van der Waals surface area contributed by atoms with Crippen LogP contribution in [0.5, 0.6) is 5.75 Å². The second-order valence-electron chi connectivity index (χ2n) is 8.03. The van der Waals surface area contributed by atoms with Gasteiger partial charge in [0.05, 0.1) is 22.4 Å². The number of halogens is 2. The second-order valence-corrected chi connectivity index (χ2v) is 9.87. The molecule has 2 aromatic carbocycles. The van der Waals surface area contributed by atoms with Crippen molar-refractivity contribution in [3.63, 3.8) is 0 Å². The van der Waals surface area contributed by atoms with Crippen LogP contribution in [0.1, 0.15) is 34.6 Å². The van der Waals surface area contributed by atoms with Gasteiger partial charge in [-0.3, -0.25) is 14.2 Å². The van der Waals surface area contributed by atoms with Gasteiger partial charge in [-0.15, -0.1) is 11.3 Å². The Balaban J connectivity index is 1.51. The summed E-state index contributed by atoms with van der Waals surface area (Å²) in [5.41, 5.74) is 0.413. The van der Waals surface area contributed by atoms with Crippen molar-refractivity contribution >= 4 is 62.3 Å². The van der Waals surface area contributed by atoms with Crippen molar-refractivity contribution in [2.45, 2.75) is 26.3 Å². The Hall–Kier alpha value is -3.40. The van der Waals surface area contributed by atoms with Crippen LogP contribution in [0.25, 0.3) is 10.2 Å². The van der Waals surface area contributed by atoms with E-state index in [0.29, 0.717) is 33.3 Å². The summed E-state index contributed by atoms with van der Waals surface area (Å²) in [5, 5.41) is 3.73. The predicted octanol–water partition coefficient (Wildman–Crippen LogP) is 5.90. The fourth-order valence-corrected chi connectivity index (χ4v) is 5.23. The van der Waals surface area contributed by atoms with E-state index < -0.39 is 23.5 Å². The normalized spacial score (nSPS) is 11.8. The first-order chi connectivity index (χ1) is 17.8. The Labute approximate surface area is 226 Å². The zero-order valence-corrected chi connectivity index (χ0v) is 22.3. The highest BCUT2D eigenvalue weighted by molar-refractivity contribution is 7.20. The summed E-state index contributed by atoms with van der Waals surface area (Å²) in [5.74, 6) is -0.319. The van der Waals surface area contributed by atoms with E-state index >= 15 is 0 Å². The zero-order chi connectivity index (χ0) is 26.5. The third-order valence-corrected chi connectivity index (χ3v) is 7.33. The molecule has 0 aliphatic rings. The van der Waals surface area contributed by atoms with Crippen LogP contribution in [0.2, 0.25) is 10.0 Å². The lowest BCUT2D eigenvalue weighted by Gasteiger charge is -2.18. The number of nitrogens with zero attached hydrogens (tertiary/aromatic N) is 2. The average Bonchev–Trinajstić information content (AvgIpc) is 3.23. The van der Waals surface area contributed by atoms with Crippen LogP contribution in [0.15, 0.2) is 59.7 Å². The number of thiophene rings is 1. The first-order valence-corrected chi connectivity index (χ1v) is 13.0. The van der Waals surface area contributed by atoms with E-state index in [2.05, 4.69) is 10.3 Å². The molecule has 1 N–H and O–H groups in total. The molecule has 0 saturated heterocycles. The molecule has 4 rings (SSSR count). The Morgan fingerprint density at radius 1 is 1.14 bits per heavy atom. The molecule has 1 unspecified atom stereocenters. The maximum Gasteiger partial charge on any atom is 0.348 e. The molecular weight excluding hydrogens is 537 g/mol. The number of para-hydroxylation sites is 1. The summed E-state index contributed by atoms with van der Waals surface area (Å²) in [6, 6.07) is 13.1. The van der Waals surface area contributed by atoms with Crippen molar-refractivity contribution in [1.82, 2.24) is 9.55 Å². The summed E-state index contributed by atoms with van der Waals surface area (Å²) in [6.45, 7) is 3.68. The lowest BCUT2D eigenvalue weighted by Crippen LogP contribution is -2.33. The van der Waals surface area contributed by atoms with E-state index in [9.17, 15) is 14.4 Å². The fraction of sp³-hybridized carbons (Fsp3) is 0.231. The van der Waals surface area contributed by atoms with Crippen LogP contribution >= 0.6 is 34.5 Å². The van der Waals surface area contributed by atoms with Crippen LogP contribution in [0.3, 0.4) is 0 Å². The summed E-state index contributed by atoms with van der Waals surface area (Å²) >= 11 is 13.2. The molecule has 37 heavy (non-hydrogen) atoms. The van der Waals surface area contributed by atoms with Gasteiger partial charge in [-0.25, -0.2) is 9.78 Å². The van der Waals surface area contributed by atoms with Gasteiger partial charge >= 0.3 is 5.97 Å². The number of benzene rings is 2. The predicted molar refractivity (Wildman–Crippen MR) is 145 cm³/mol. The van der Waals surface area contributed by atoms with Gasteiger partial charge in [0.1, 0.15) is 34.7 Å². The van der Waals surface area contributed by atoms with Crippen LogP contribution < -0.4 is 15.6 Å². The van der Waals surface area contributed by atoms with Crippen molar-refractivity contribution in [3.05, 3.63) is 85.7 Å². The number of fused-ring (bicyclic) bond motifs is 1. The molecule has 1 atom stereocenters. The highest BCUT2D eigenvalue weighted by atomic mass is 35.5. The Morgan fingerprint density at radius 3 is 2.59 bits per heavy atom. The van der Waals surface area contributed by atoms with Crippen LogP contribution in [-0.2, 0) is 9.53 Å². The van der Waals surface area contributed by atoms with Gasteiger partial charge < -0.3 is 14.8 Å². The summed E-state index contributed by atoms with van der Waals surface area (Å²) in [6.07, 6.45) is 1.64. The van der Waals surface area contributed by atoms with E-state index in [1.165, 1.54) is 17.0 Å². The molecule has 0 aliphatic heterocycles. The third-order valence-electron chi connectivity index (χ3n) is 5.60. The highest BCUT2D eigenvalue weighted by Gasteiger charge is 2.25. The van der Waals surface area contributed by atoms with Gasteiger partial charge in [0, 0.05) is 5.02 Å². The fourth-order valence-electron chi connectivity index (χ4n) is 3.75. The topological polar surface area (TPSA) is 99.5 Å². The van der Waals surface area contributed by atoms with E-state index in [1.54, 1.807) is 26.0 Å². The molecule has 0 spiro atoms. The minimum absolute atomic E-state index is 0.0460. The molecule has 1 amide bonds. The summed E-state index contributed by atoms with van der Waals surface area (Å²) in [7, 11) is 0. The van der Waals surface area contributed by atoms with Crippen LogP contribution in [-0.4, -0.2) is 34.6 Å². The number of anilines is 1. The molecule has 8 nitrogen and oxygen atoms in total. The molecule has 4 aromatic rings. The van der Waals surface area contributed by atoms with Gasteiger partial charge in [0.2, 0.25) is 5.91 Å². The molecule has 2 aromatic heterocycles. The second kappa shape index (κ2) is 11.8. The van der Waals surface area contributed by atoms with Crippen molar-refractivity contribution in [1.29, 1.82) is 0 Å². The number of aryl methyl sites for hydroxylation is 1. The van der Waals surface area contributed by atoms with Gasteiger partial charge in [0.15, 0.2) is 0 Å². The molecule has 0 fully saturated rings. The lowest BCUT2D eigenvalue weighted by molar-refractivity contribution is -0.119. The minimum Gasteiger partial charge on any atom is -0.490 e. The number of carbonyl (C=O) groups is 2. The number of carbonyl (C=O) groups excluding carboxylic acids is 2. The number of hydrogen-bond donors (Lipinski definition) is 1. The molecule has 192 valence electrons. The quantitative estimate of drug-likeness (QED) is 0.202. The average molecular weight is 560 g/mol. The first-order valence-electron chi connectivity index (χ1n) is 11.4. The molecular formula is C26H23Cl2N3O5S. The maximum atomic E-state index is 13.4. The number of aromatic nitrogens is 2. The summed E-state index contributed by atoms with van der Waals surface area (Å²) < 4.78 is 12.2. The summed E-state index contributed by atoms with van der Waals surface area (Å²) in [4.78, 5) is 44.2. The molecule has 2 heterocycles.